The van der Waals surface area contributed by atoms with E-state index in [9.17, 15) is 9.59 Å². The molecule has 4 rings (SSSR count). The minimum atomic E-state index is 0.163. The highest BCUT2D eigenvalue weighted by molar-refractivity contribution is 5.79. The van der Waals surface area contributed by atoms with Crippen molar-refractivity contribution in [2.45, 2.75) is 39.2 Å². The number of carbonyl (C=O) groups is 2. The summed E-state index contributed by atoms with van der Waals surface area (Å²) in [5, 5.41) is 1.17. The van der Waals surface area contributed by atoms with Gasteiger partial charge in [0, 0.05) is 70.7 Å². The maximum atomic E-state index is 12.2. The van der Waals surface area contributed by atoms with Crippen LogP contribution in [-0.4, -0.2) is 76.8 Å². The largest absolute Gasteiger partial charge is 0.343 e. The molecule has 2 saturated heterocycles. The predicted molar refractivity (Wildman–Crippen MR) is 118 cm³/mol. The zero-order valence-electron chi connectivity index (χ0n) is 18.1. The molecule has 1 aromatic carbocycles. The van der Waals surface area contributed by atoms with Gasteiger partial charge in [0.2, 0.25) is 11.8 Å². The van der Waals surface area contributed by atoms with Crippen LogP contribution in [0.3, 0.4) is 0 Å². The molecular weight excluding hydrogens is 376 g/mol. The molecule has 0 saturated carbocycles. The quantitative estimate of drug-likeness (QED) is 0.783. The molecule has 1 aromatic heterocycles. The summed E-state index contributed by atoms with van der Waals surface area (Å²) >= 11 is 0. The van der Waals surface area contributed by atoms with Gasteiger partial charge in [0.15, 0.2) is 0 Å². The number of likely N-dealkylation sites (tertiary alicyclic amines) is 1. The maximum Gasteiger partial charge on any atom is 0.219 e. The maximum absolute atomic E-state index is 12.2. The molecule has 6 heteroatoms. The van der Waals surface area contributed by atoms with Gasteiger partial charge in [-0.25, -0.2) is 0 Å². The van der Waals surface area contributed by atoms with Crippen LogP contribution < -0.4 is 0 Å². The van der Waals surface area contributed by atoms with Crippen LogP contribution in [0.4, 0.5) is 0 Å². The van der Waals surface area contributed by atoms with Crippen molar-refractivity contribution in [3.05, 3.63) is 42.1 Å². The smallest absolute Gasteiger partial charge is 0.219 e. The molecule has 2 aliphatic heterocycles. The van der Waals surface area contributed by atoms with Crippen LogP contribution in [0.15, 0.2) is 36.5 Å². The van der Waals surface area contributed by atoms with Crippen molar-refractivity contribution >= 4 is 22.7 Å². The molecular formula is C24H32N4O2. The number of pyridine rings is 1. The first kappa shape index (κ1) is 20.8. The van der Waals surface area contributed by atoms with E-state index in [2.05, 4.69) is 34.1 Å². The van der Waals surface area contributed by atoms with Crippen LogP contribution >= 0.6 is 0 Å². The predicted octanol–water partition coefficient (Wildman–Crippen LogP) is 2.57. The normalized spacial score (nSPS) is 21.6. The molecule has 1 atom stereocenters. The van der Waals surface area contributed by atoms with E-state index in [1.165, 1.54) is 10.9 Å². The van der Waals surface area contributed by atoms with Crippen LogP contribution in [0, 0.1) is 5.92 Å². The lowest BCUT2D eigenvalue weighted by Crippen LogP contribution is -2.48. The van der Waals surface area contributed by atoms with E-state index in [4.69, 9.17) is 0 Å². The first-order valence-corrected chi connectivity index (χ1v) is 11.1. The van der Waals surface area contributed by atoms with Gasteiger partial charge in [-0.15, -0.1) is 0 Å². The zero-order valence-corrected chi connectivity index (χ0v) is 18.1. The van der Waals surface area contributed by atoms with Crippen molar-refractivity contribution in [2.75, 3.05) is 39.3 Å². The molecule has 6 nitrogen and oxygen atoms in total. The van der Waals surface area contributed by atoms with Gasteiger partial charge in [-0.05, 0) is 48.9 Å². The summed E-state index contributed by atoms with van der Waals surface area (Å²) in [5.74, 6) is 0.739. The Labute approximate surface area is 178 Å². The second-order valence-electron chi connectivity index (χ2n) is 8.80. The van der Waals surface area contributed by atoms with E-state index in [0.29, 0.717) is 12.0 Å². The van der Waals surface area contributed by atoms with Crippen LogP contribution in [0.1, 0.15) is 32.3 Å². The number of benzene rings is 1. The van der Waals surface area contributed by atoms with Gasteiger partial charge in [0.1, 0.15) is 0 Å². The molecule has 2 amide bonds. The zero-order chi connectivity index (χ0) is 21.1. The van der Waals surface area contributed by atoms with Crippen molar-refractivity contribution in [1.82, 2.24) is 19.7 Å². The molecule has 160 valence electrons. The number of rotatable bonds is 3. The number of piperidine rings is 1. The second-order valence-corrected chi connectivity index (χ2v) is 8.80. The summed E-state index contributed by atoms with van der Waals surface area (Å²) in [4.78, 5) is 34.8. The lowest BCUT2D eigenvalue weighted by atomic mass is 9.95. The highest BCUT2D eigenvalue weighted by atomic mass is 16.2. The Hall–Kier alpha value is -2.47. The third kappa shape index (κ3) is 4.81. The van der Waals surface area contributed by atoms with Crippen LogP contribution in [0.2, 0.25) is 0 Å². The Morgan fingerprint density at radius 3 is 2.47 bits per heavy atom. The standard InChI is InChI=1S/C24H32N4O2/c1-18(29)26-10-7-23(8-11-26)28-13-12-27(19(2)30)16-21(17-28)14-20-5-6-24-22(15-20)4-3-9-25-24/h3-6,9,15,21,23H,7-8,10-14,16-17H2,1-2H3. The number of hydrogen-bond donors (Lipinski definition) is 0. The van der Waals surface area contributed by atoms with Crippen molar-refractivity contribution in [3.63, 3.8) is 0 Å². The van der Waals surface area contributed by atoms with E-state index >= 15 is 0 Å². The van der Waals surface area contributed by atoms with Crippen molar-refractivity contribution in [3.8, 4) is 0 Å². The molecule has 2 fully saturated rings. The Morgan fingerprint density at radius 1 is 0.967 bits per heavy atom. The molecule has 2 aliphatic rings. The van der Waals surface area contributed by atoms with E-state index in [0.717, 1.165) is 64.0 Å². The van der Waals surface area contributed by atoms with Gasteiger partial charge in [-0.1, -0.05) is 12.1 Å². The topological polar surface area (TPSA) is 56.8 Å². The summed E-state index contributed by atoms with van der Waals surface area (Å²) in [7, 11) is 0. The van der Waals surface area contributed by atoms with Crippen LogP contribution in [0.25, 0.3) is 10.9 Å². The lowest BCUT2D eigenvalue weighted by molar-refractivity contribution is -0.131. The van der Waals surface area contributed by atoms with Gasteiger partial charge in [-0.3, -0.25) is 19.5 Å². The Morgan fingerprint density at radius 2 is 1.73 bits per heavy atom. The summed E-state index contributed by atoms with van der Waals surface area (Å²) in [6, 6.07) is 11.1. The number of carbonyl (C=O) groups excluding carboxylic acids is 2. The molecule has 30 heavy (non-hydrogen) atoms. The fraction of sp³-hybridized carbons (Fsp3) is 0.542. The van der Waals surface area contributed by atoms with E-state index in [1.54, 1.807) is 13.8 Å². The van der Waals surface area contributed by atoms with E-state index in [1.807, 2.05) is 22.1 Å². The van der Waals surface area contributed by atoms with Crippen LogP contribution in [0.5, 0.6) is 0 Å². The molecule has 0 spiro atoms. The fourth-order valence-electron chi connectivity index (χ4n) is 5.01. The third-order valence-electron chi connectivity index (χ3n) is 6.69. The molecule has 2 aromatic rings. The number of aromatic nitrogens is 1. The average molecular weight is 409 g/mol. The van der Waals surface area contributed by atoms with E-state index in [-0.39, 0.29) is 11.8 Å². The molecule has 3 heterocycles. The van der Waals surface area contributed by atoms with Gasteiger partial charge in [0.25, 0.3) is 0 Å². The monoisotopic (exact) mass is 408 g/mol. The first-order valence-electron chi connectivity index (χ1n) is 11.1. The summed E-state index contributed by atoms with van der Waals surface area (Å²) < 4.78 is 0. The summed E-state index contributed by atoms with van der Waals surface area (Å²) in [6.07, 6.45) is 4.83. The van der Waals surface area contributed by atoms with Crippen molar-refractivity contribution in [2.24, 2.45) is 5.92 Å². The van der Waals surface area contributed by atoms with E-state index < -0.39 is 0 Å². The SMILES string of the molecule is CC(=O)N1CCC(N2CCN(C(C)=O)CC(Cc3ccc4ncccc4c3)C2)CC1. The van der Waals surface area contributed by atoms with Gasteiger partial charge < -0.3 is 9.80 Å². The first-order chi connectivity index (χ1) is 14.5. The van der Waals surface area contributed by atoms with Gasteiger partial charge >= 0.3 is 0 Å². The molecule has 1 unspecified atom stereocenters. The molecule has 0 aliphatic carbocycles. The van der Waals surface area contributed by atoms with Gasteiger partial charge in [-0.2, -0.15) is 0 Å². The lowest BCUT2D eigenvalue weighted by Gasteiger charge is -2.38. The average Bonchev–Trinajstić information content (AvgIpc) is 2.96. The summed E-state index contributed by atoms with van der Waals surface area (Å²) in [5.41, 5.74) is 2.32. The molecule has 0 radical (unpaired) electrons. The van der Waals surface area contributed by atoms with Gasteiger partial charge in [0.05, 0.1) is 5.52 Å². The number of hydrogen-bond acceptors (Lipinski definition) is 4. The molecule has 0 bridgehead atoms. The number of nitrogens with zero attached hydrogens (tertiary/aromatic N) is 4. The number of amides is 2. The Bertz CT molecular complexity index is 907. The highest BCUT2D eigenvalue weighted by Crippen LogP contribution is 2.23. The Balaban J connectivity index is 1.48. The number of fused-ring (bicyclic) bond motifs is 1. The summed E-state index contributed by atoms with van der Waals surface area (Å²) in [6.45, 7) is 8.54. The van der Waals surface area contributed by atoms with Crippen molar-refractivity contribution < 1.29 is 9.59 Å². The Kier molecular flexibility index (Phi) is 6.32. The molecule has 0 N–H and O–H groups in total. The second kappa shape index (κ2) is 9.13. The minimum absolute atomic E-state index is 0.163. The third-order valence-corrected chi connectivity index (χ3v) is 6.69. The highest BCUT2D eigenvalue weighted by Gasteiger charge is 2.31. The van der Waals surface area contributed by atoms with Crippen molar-refractivity contribution in [1.29, 1.82) is 0 Å². The van der Waals surface area contributed by atoms with Crippen LogP contribution in [-0.2, 0) is 16.0 Å². The minimum Gasteiger partial charge on any atom is -0.343 e. The fourth-order valence-corrected chi connectivity index (χ4v) is 5.01.